The van der Waals surface area contributed by atoms with Gasteiger partial charge in [-0.05, 0) is 25.1 Å². The number of benzene rings is 2. The van der Waals surface area contributed by atoms with Gasteiger partial charge in [-0.2, -0.15) is 4.98 Å². The maximum Gasteiger partial charge on any atom is 0.345 e. The molecule has 0 spiro atoms. The van der Waals surface area contributed by atoms with E-state index in [0.717, 1.165) is 0 Å². The van der Waals surface area contributed by atoms with E-state index in [1.54, 1.807) is 43.3 Å². The highest BCUT2D eigenvalue weighted by Crippen LogP contribution is 2.24. The predicted molar refractivity (Wildman–Crippen MR) is 91.7 cm³/mol. The Bertz CT molecular complexity index is 986. The maximum atomic E-state index is 12.2. The number of hydrogen-bond donors (Lipinski definition) is 0. The van der Waals surface area contributed by atoms with Gasteiger partial charge in [0, 0.05) is 16.1 Å². The summed E-state index contributed by atoms with van der Waals surface area (Å²) in [5.41, 5.74) is 0.589. The number of nitro groups is 1. The van der Waals surface area contributed by atoms with Gasteiger partial charge in [0.1, 0.15) is 5.56 Å². The van der Waals surface area contributed by atoms with Crippen molar-refractivity contribution in [3.8, 4) is 11.4 Å². The van der Waals surface area contributed by atoms with Crippen LogP contribution in [0, 0.1) is 17.0 Å². The zero-order valence-corrected chi connectivity index (χ0v) is 14.3. The van der Waals surface area contributed by atoms with E-state index in [9.17, 15) is 14.9 Å². The van der Waals surface area contributed by atoms with Gasteiger partial charge in [-0.3, -0.25) is 10.1 Å². The molecule has 1 heterocycles. The lowest BCUT2D eigenvalue weighted by Crippen LogP contribution is -2.09. The second-order valence-corrected chi connectivity index (χ2v) is 5.76. The fourth-order valence-corrected chi connectivity index (χ4v) is 2.52. The van der Waals surface area contributed by atoms with Crippen LogP contribution in [0.3, 0.4) is 0 Å². The Labute approximate surface area is 152 Å². The van der Waals surface area contributed by atoms with Crippen molar-refractivity contribution in [2.75, 3.05) is 0 Å². The third-order valence-corrected chi connectivity index (χ3v) is 3.75. The van der Waals surface area contributed by atoms with Gasteiger partial charge in [0.15, 0.2) is 6.61 Å². The van der Waals surface area contributed by atoms with Crippen LogP contribution >= 0.6 is 11.6 Å². The number of rotatable bonds is 5. The first-order valence-electron chi connectivity index (χ1n) is 7.45. The molecule has 0 radical (unpaired) electrons. The Hall–Kier alpha value is -3.26. The lowest BCUT2D eigenvalue weighted by atomic mass is 10.1. The van der Waals surface area contributed by atoms with E-state index in [-0.39, 0.29) is 23.7 Å². The molecule has 3 rings (SSSR count). The maximum absolute atomic E-state index is 12.2. The number of ether oxygens (including phenoxy) is 1. The predicted octanol–water partition coefficient (Wildman–Crippen LogP) is 3.96. The number of para-hydroxylation sites is 1. The van der Waals surface area contributed by atoms with Gasteiger partial charge in [-0.1, -0.05) is 41.0 Å². The Balaban J connectivity index is 1.73. The van der Waals surface area contributed by atoms with Crippen molar-refractivity contribution in [2.24, 2.45) is 0 Å². The third-order valence-electron chi connectivity index (χ3n) is 3.52. The molecular weight excluding hydrogens is 362 g/mol. The summed E-state index contributed by atoms with van der Waals surface area (Å²) in [6.07, 6.45) is 0. The Morgan fingerprint density at radius 2 is 2.08 bits per heavy atom. The summed E-state index contributed by atoms with van der Waals surface area (Å²) in [5, 5.41) is 15.5. The second-order valence-electron chi connectivity index (χ2n) is 5.33. The first kappa shape index (κ1) is 17.6. The van der Waals surface area contributed by atoms with Gasteiger partial charge in [0.2, 0.25) is 5.82 Å². The number of esters is 1. The van der Waals surface area contributed by atoms with Gasteiger partial charge < -0.3 is 9.26 Å². The Morgan fingerprint density at radius 3 is 2.81 bits per heavy atom. The molecule has 0 aliphatic rings. The van der Waals surface area contributed by atoms with Crippen molar-refractivity contribution in [1.82, 2.24) is 10.1 Å². The van der Waals surface area contributed by atoms with E-state index < -0.39 is 10.9 Å². The molecule has 0 unspecified atom stereocenters. The highest BCUT2D eigenvalue weighted by Gasteiger charge is 2.24. The number of nitro benzene ring substituents is 1. The molecular formula is C17H12ClN3O5. The van der Waals surface area contributed by atoms with Crippen LogP contribution in [0.5, 0.6) is 0 Å². The Morgan fingerprint density at radius 1 is 1.31 bits per heavy atom. The smallest absolute Gasteiger partial charge is 0.345 e. The van der Waals surface area contributed by atoms with Crippen molar-refractivity contribution in [3.05, 3.63) is 74.6 Å². The number of hydrogen-bond acceptors (Lipinski definition) is 7. The van der Waals surface area contributed by atoms with Crippen molar-refractivity contribution in [1.29, 1.82) is 0 Å². The Kier molecular flexibility index (Phi) is 4.94. The van der Waals surface area contributed by atoms with Crippen LogP contribution in [0.15, 0.2) is 47.0 Å². The zero-order chi connectivity index (χ0) is 18.7. The number of halogens is 1. The number of carbonyl (C=O) groups excluding carboxylic acids is 1. The first-order valence-corrected chi connectivity index (χ1v) is 7.83. The van der Waals surface area contributed by atoms with Crippen LogP contribution < -0.4 is 0 Å². The van der Waals surface area contributed by atoms with Gasteiger partial charge >= 0.3 is 5.97 Å². The molecule has 0 aliphatic heterocycles. The van der Waals surface area contributed by atoms with Crippen molar-refractivity contribution >= 4 is 23.3 Å². The molecule has 132 valence electrons. The summed E-state index contributed by atoms with van der Waals surface area (Å²) >= 11 is 5.91. The van der Waals surface area contributed by atoms with Crippen molar-refractivity contribution < 1.29 is 19.0 Å². The van der Waals surface area contributed by atoms with Crippen molar-refractivity contribution in [2.45, 2.75) is 13.5 Å². The SMILES string of the molecule is Cc1cccc(C(=O)OCc2nc(-c3cccc(Cl)c3)no2)c1[N+](=O)[O-]. The molecule has 0 aliphatic carbocycles. The average molecular weight is 374 g/mol. The van der Waals surface area contributed by atoms with Crippen LogP contribution in [0.1, 0.15) is 21.8 Å². The minimum absolute atomic E-state index is 0.0589. The normalized spacial score (nSPS) is 10.5. The summed E-state index contributed by atoms with van der Waals surface area (Å²) in [6, 6.07) is 11.3. The summed E-state index contributed by atoms with van der Waals surface area (Å²) in [5.74, 6) is -0.494. The molecule has 0 saturated heterocycles. The number of aryl methyl sites for hydroxylation is 1. The van der Waals surface area contributed by atoms with Gasteiger partial charge in [-0.15, -0.1) is 0 Å². The minimum atomic E-state index is -0.845. The highest BCUT2D eigenvalue weighted by molar-refractivity contribution is 6.30. The van der Waals surface area contributed by atoms with Crippen molar-refractivity contribution in [3.63, 3.8) is 0 Å². The molecule has 1 aromatic heterocycles. The van der Waals surface area contributed by atoms with Gasteiger partial charge in [0.25, 0.3) is 11.6 Å². The molecule has 9 heteroatoms. The summed E-state index contributed by atoms with van der Waals surface area (Å²) in [7, 11) is 0. The molecule has 0 amide bonds. The average Bonchev–Trinajstić information content (AvgIpc) is 3.08. The van der Waals surface area contributed by atoms with Gasteiger partial charge in [-0.25, -0.2) is 4.79 Å². The van der Waals surface area contributed by atoms with E-state index in [2.05, 4.69) is 10.1 Å². The lowest BCUT2D eigenvalue weighted by Gasteiger charge is -2.04. The number of nitrogens with zero attached hydrogens (tertiary/aromatic N) is 3. The van der Waals surface area contributed by atoms with E-state index in [1.165, 1.54) is 6.07 Å². The van der Waals surface area contributed by atoms with Crippen LogP contribution in [-0.2, 0) is 11.3 Å². The van der Waals surface area contributed by atoms with E-state index in [0.29, 0.717) is 22.0 Å². The number of aromatic nitrogens is 2. The topological polar surface area (TPSA) is 108 Å². The summed E-state index contributed by atoms with van der Waals surface area (Å²) in [6.45, 7) is 1.24. The van der Waals surface area contributed by atoms with Gasteiger partial charge in [0.05, 0.1) is 4.92 Å². The van der Waals surface area contributed by atoms with E-state index in [1.807, 2.05) is 0 Å². The van der Waals surface area contributed by atoms with Crippen LogP contribution in [-0.4, -0.2) is 21.0 Å². The molecule has 0 N–H and O–H groups in total. The second kappa shape index (κ2) is 7.32. The standard InChI is InChI=1S/C17H12ClN3O5/c1-10-4-2-7-13(15(10)21(23)24)17(22)25-9-14-19-16(20-26-14)11-5-3-6-12(18)8-11/h2-8H,9H2,1H3. The zero-order valence-electron chi connectivity index (χ0n) is 13.5. The molecule has 0 saturated carbocycles. The molecule has 0 fully saturated rings. The molecule has 8 nitrogen and oxygen atoms in total. The monoisotopic (exact) mass is 373 g/mol. The summed E-state index contributed by atoms with van der Waals surface area (Å²) in [4.78, 5) is 26.8. The van der Waals surface area contributed by atoms with E-state index in [4.69, 9.17) is 20.9 Å². The van der Waals surface area contributed by atoms with Crippen LogP contribution in [0.25, 0.3) is 11.4 Å². The largest absolute Gasteiger partial charge is 0.452 e. The highest BCUT2D eigenvalue weighted by atomic mass is 35.5. The van der Waals surface area contributed by atoms with E-state index >= 15 is 0 Å². The fourth-order valence-electron chi connectivity index (χ4n) is 2.33. The molecule has 2 aromatic carbocycles. The van der Waals surface area contributed by atoms with Crippen LogP contribution in [0.2, 0.25) is 5.02 Å². The van der Waals surface area contributed by atoms with Crippen LogP contribution in [0.4, 0.5) is 5.69 Å². The quantitative estimate of drug-likeness (QED) is 0.378. The lowest BCUT2D eigenvalue weighted by molar-refractivity contribution is -0.385. The molecule has 0 atom stereocenters. The molecule has 0 bridgehead atoms. The molecule has 3 aromatic rings. The molecule has 26 heavy (non-hydrogen) atoms. The third kappa shape index (κ3) is 3.70. The minimum Gasteiger partial charge on any atom is -0.452 e. The number of carbonyl (C=O) groups is 1. The fraction of sp³-hybridized carbons (Fsp3) is 0.118. The first-order chi connectivity index (χ1) is 12.5. The summed E-state index contributed by atoms with van der Waals surface area (Å²) < 4.78 is 10.1.